The van der Waals surface area contributed by atoms with Crippen molar-refractivity contribution in [2.24, 2.45) is 0 Å². The van der Waals surface area contributed by atoms with Crippen molar-refractivity contribution in [1.29, 1.82) is 0 Å². The molecule has 0 aliphatic carbocycles. The quantitative estimate of drug-likeness (QED) is 0.477. The second-order valence-corrected chi connectivity index (χ2v) is 7.47. The number of ether oxygens (including phenoxy) is 2. The number of benzene rings is 3. The standard InChI is InChI=1S/C22H15BrN2O3/c23-15-6-8-16(9-7-15)25-22(26)18-4-2-1-3-17(18)19(24-25)11-14-5-10-20-21(12-14)28-13-27-20/h1-10,12H,11,13H2. The highest BCUT2D eigenvalue weighted by Crippen LogP contribution is 2.33. The molecule has 0 radical (unpaired) electrons. The van der Waals surface area contributed by atoms with Gasteiger partial charge in [-0.1, -0.05) is 40.2 Å². The van der Waals surface area contributed by atoms with E-state index in [1.807, 2.05) is 66.7 Å². The smallest absolute Gasteiger partial charge is 0.279 e. The molecular formula is C22H15BrN2O3. The van der Waals surface area contributed by atoms with Crippen LogP contribution in [0, 0.1) is 0 Å². The summed E-state index contributed by atoms with van der Waals surface area (Å²) in [4.78, 5) is 13.0. The summed E-state index contributed by atoms with van der Waals surface area (Å²) < 4.78 is 13.3. The normalized spacial score (nSPS) is 12.5. The molecule has 2 heterocycles. The molecule has 0 fully saturated rings. The first kappa shape index (κ1) is 17.0. The summed E-state index contributed by atoms with van der Waals surface area (Å²) in [7, 11) is 0. The van der Waals surface area contributed by atoms with Gasteiger partial charge in [0.1, 0.15) is 0 Å². The molecular weight excluding hydrogens is 420 g/mol. The lowest BCUT2D eigenvalue weighted by Crippen LogP contribution is -2.23. The SMILES string of the molecule is O=c1c2ccccc2c(Cc2ccc3c(c2)OCO3)nn1-c1ccc(Br)cc1. The van der Waals surface area contributed by atoms with E-state index in [0.717, 1.165) is 38.3 Å². The van der Waals surface area contributed by atoms with Crippen LogP contribution < -0.4 is 15.0 Å². The third-order valence-electron chi connectivity index (χ3n) is 4.76. The maximum atomic E-state index is 13.0. The molecule has 0 atom stereocenters. The molecule has 28 heavy (non-hydrogen) atoms. The first-order valence-electron chi connectivity index (χ1n) is 8.84. The molecule has 1 aliphatic rings. The van der Waals surface area contributed by atoms with Crippen molar-refractivity contribution < 1.29 is 9.47 Å². The van der Waals surface area contributed by atoms with Gasteiger partial charge in [0.2, 0.25) is 6.79 Å². The van der Waals surface area contributed by atoms with E-state index in [1.165, 1.54) is 4.68 Å². The highest BCUT2D eigenvalue weighted by atomic mass is 79.9. The molecule has 138 valence electrons. The van der Waals surface area contributed by atoms with E-state index < -0.39 is 0 Å². The van der Waals surface area contributed by atoms with Crippen LogP contribution in [0.2, 0.25) is 0 Å². The number of halogens is 1. The number of fused-ring (bicyclic) bond motifs is 2. The van der Waals surface area contributed by atoms with Gasteiger partial charge in [0.15, 0.2) is 11.5 Å². The lowest BCUT2D eigenvalue weighted by molar-refractivity contribution is 0.174. The third kappa shape index (κ3) is 2.96. The molecule has 3 aromatic carbocycles. The summed E-state index contributed by atoms with van der Waals surface area (Å²) in [6.45, 7) is 0.244. The molecule has 0 amide bonds. The minimum atomic E-state index is -0.132. The van der Waals surface area contributed by atoms with Crippen molar-refractivity contribution in [3.63, 3.8) is 0 Å². The van der Waals surface area contributed by atoms with E-state index in [-0.39, 0.29) is 12.4 Å². The van der Waals surface area contributed by atoms with Crippen LogP contribution in [0.25, 0.3) is 16.5 Å². The van der Waals surface area contributed by atoms with Crippen molar-refractivity contribution in [2.45, 2.75) is 6.42 Å². The summed E-state index contributed by atoms with van der Waals surface area (Å²) >= 11 is 3.43. The van der Waals surface area contributed by atoms with E-state index in [2.05, 4.69) is 15.9 Å². The zero-order valence-electron chi connectivity index (χ0n) is 14.8. The fourth-order valence-electron chi connectivity index (χ4n) is 3.39. The van der Waals surface area contributed by atoms with Gasteiger partial charge >= 0.3 is 0 Å². The van der Waals surface area contributed by atoms with Crippen LogP contribution in [0.4, 0.5) is 0 Å². The Bertz CT molecular complexity index is 1250. The second-order valence-electron chi connectivity index (χ2n) is 6.55. The Morgan fingerprint density at radius 1 is 0.929 bits per heavy atom. The Kier molecular flexibility index (Phi) is 4.13. The van der Waals surface area contributed by atoms with Gasteiger partial charge in [-0.2, -0.15) is 9.78 Å². The van der Waals surface area contributed by atoms with E-state index in [9.17, 15) is 4.79 Å². The summed E-state index contributed by atoms with van der Waals surface area (Å²) in [5.74, 6) is 1.49. The molecule has 5 rings (SSSR count). The Morgan fingerprint density at radius 3 is 2.50 bits per heavy atom. The van der Waals surface area contributed by atoms with Crippen molar-refractivity contribution in [3.05, 3.63) is 92.8 Å². The van der Waals surface area contributed by atoms with Gasteiger partial charge in [0.25, 0.3) is 5.56 Å². The fraction of sp³-hybridized carbons (Fsp3) is 0.0909. The van der Waals surface area contributed by atoms with E-state index in [4.69, 9.17) is 14.6 Å². The highest BCUT2D eigenvalue weighted by molar-refractivity contribution is 9.10. The van der Waals surface area contributed by atoms with Crippen LogP contribution in [0.15, 0.2) is 76.0 Å². The Hall–Kier alpha value is -3.12. The minimum Gasteiger partial charge on any atom is -0.454 e. The third-order valence-corrected chi connectivity index (χ3v) is 5.29. The van der Waals surface area contributed by atoms with Crippen LogP contribution in [0.3, 0.4) is 0 Å². The van der Waals surface area contributed by atoms with Crippen LogP contribution in [0.1, 0.15) is 11.3 Å². The number of hydrogen-bond acceptors (Lipinski definition) is 4. The van der Waals surface area contributed by atoms with E-state index >= 15 is 0 Å². The van der Waals surface area contributed by atoms with Crippen LogP contribution >= 0.6 is 15.9 Å². The molecule has 5 nitrogen and oxygen atoms in total. The van der Waals surface area contributed by atoms with Crippen molar-refractivity contribution in [3.8, 4) is 17.2 Å². The predicted octanol–water partition coefficient (Wildman–Crippen LogP) is 4.47. The zero-order valence-corrected chi connectivity index (χ0v) is 16.3. The molecule has 0 saturated carbocycles. The first-order valence-corrected chi connectivity index (χ1v) is 9.64. The van der Waals surface area contributed by atoms with Crippen LogP contribution in [-0.4, -0.2) is 16.6 Å². The molecule has 0 unspecified atom stereocenters. The molecule has 0 N–H and O–H groups in total. The molecule has 0 spiro atoms. The van der Waals surface area contributed by atoms with E-state index in [0.29, 0.717) is 11.8 Å². The van der Waals surface area contributed by atoms with Gasteiger partial charge < -0.3 is 9.47 Å². The first-order chi connectivity index (χ1) is 13.7. The average Bonchev–Trinajstić information content (AvgIpc) is 3.19. The predicted molar refractivity (Wildman–Crippen MR) is 110 cm³/mol. The largest absolute Gasteiger partial charge is 0.454 e. The fourth-order valence-corrected chi connectivity index (χ4v) is 3.65. The zero-order chi connectivity index (χ0) is 19.1. The van der Waals surface area contributed by atoms with Gasteiger partial charge in [-0.25, -0.2) is 0 Å². The number of aromatic nitrogens is 2. The number of hydrogen-bond donors (Lipinski definition) is 0. The van der Waals surface area contributed by atoms with Gasteiger partial charge in [-0.05, 0) is 48.0 Å². The highest BCUT2D eigenvalue weighted by Gasteiger charge is 2.16. The maximum Gasteiger partial charge on any atom is 0.279 e. The molecule has 0 bridgehead atoms. The summed E-state index contributed by atoms with van der Waals surface area (Å²) in [5, 5.41) is 6.21. The van der Waals surface area contributed by atoms with Gasteiger partial charge in [-0.15, -0.1) is 0 Å². The Balaban J connectivity index is 1.66. The maximum absolute atomic E-state index is 13.0. The van der Waals surface area contributed by atoms with E-state index in [1.54, 1.807) is 0 Å². The topological polar surface area (TPSA) is 53.4 Å². The average molecular weight is 435 g/mol. The molecule has 1 aromatic heterocycles. The molecule has 1 aliphatic heterocycles. The Labute approximate surface area is 169 Å². The minimum absolute atomic E-state index is 0.132. The van der Waals surface area contributed by atoms with Crippen molar-refractivity contribution >= 4 is 26.7 Å². The van der Waals surface area contributed by atoms with Crippen LogP contribution in [-0.2, 0) is 6.42 Å². The van der Waals surface area contributed by atoms with Crippen molar-refractivity contribution in [2.75, 3.05) is 6.79 Å². The van der Waals surface area contributed by atoms with Gasteiger partial charge in [0.05, 0.1) is 16.8 Å². The van der Waals surface area contributed by atoms with Gasteiger partial charge in [0, 0.05) is 16.3 Å². The summed E-state index contributed by atoms with van der Waals surface area (Å²) in [5.41, 5.74) is 2.47. The Morgan fingerprint density at radius 2 is 1.68 bits per heavy atom. The summed E-state index contributed by atoms with van der Waals surface area (Å²) in [6.07, 6.45) is 0.577. The molecule has 6 heteroatoms. The van der Waals surface area contributed by atoms with Gasteiger partial charge in [-0.3, -0.25) is 4.79 Å². The van der Waals surface area contributed by atoms with Crippen molar-refractivity contribution in [1.82, 2.24) is 9.78 Å². The molecule has 0 saturated heterocycles. The number of rotatable bonds is 3. The monoisotopic (exact) mass is 434 g/mol. The molecule has 4 aromatic rings. The lowest BCUT2D eigenvalue weighted by Gasteiger charge is -2.12. The number of nitrogens with zero attached hydrogens (tertiary/aromatic N) is 2. The second kappa shape index (κ2) is 6.80. The summed E-state index contributed by atoms with van der Waals surface area (Å²) in [6, 6.07) is 21.0. The lowest BCUT2D eigenvalue weighted by atomic mass is 10.0. The van der Waals surface area contributed by atoms with Crippen LogP contribution in [0.5, 0.6) is 11.5 Å².